The maximum Gasteiger partial charge on any atom is 0.573 e. The summed E-state index contributed by atoms with van der Waals surface area (Å²) in [7, 11) is 0. The van der Waals surface area contributed by atoms with Gasteiger partial charge in [-0.1, -0.05) is 0 Å². The van der Waals surface area contributed by atoms with E-state index >= 15 is 0 Å². The van der Waals surface area contributed by atoms with Crippen LogP contribution < -0.4 is 10.5 Å². The lowest BCUT2D eigenvalue weighted by atomic mass is 10.3. The van der Waals surface area contributed by atoms with Crippen LogP contribution in [0, 0.1) is 12.7 Å². The molecule has 1 aromatic heterocycles. The van der Waals surface area contributed by atoms with Gasteiger partial charge in [0.1, 0.15) is 0 Å². The van der Waals surface area contributed by atoms with Crippen molar-refractivity contribution in [1.29, 1.82) is 0 Å². The Hall–Kier alpha value is -1.53. The first-order valence-corrected chi connectivity index (χ1v) is 3.48. The summed E-state index contributed by atoms with van der Waals surface area (Å²) >= 11 is 0. The van der Waals surface area contributed by atoms with Crippen molar-refractivity contribution in [1.82, 2.24) is 4.98 Å². The first-order valence-electron chi connectivity index (χ1n) is 3.48. The normalized spacial score (nSPS) is 11.5. The van der Waals surface area contributed by atoms with Crippen molar-refractivity contribution in [3.8, 4) is 5.75 Å². The predicted octanol–water partition coefficient (Wildman–Crippen LogP) is 2.01. The van der Waals surface area contributed by atoms with E-state index in [9.17, 15) is 17.6 Å². The van der Waals surface area contributed by atoms with E-state index in [0.29, 0.717) is 0 Å². The minimum Gasteiger partial charge on any atom is -0.399 e. The Morgan fingerprint density at radius 2 is 2.00 bits per heavy atom. The average molecular weight is 210 g/mol. The van der Waals surface area contributed by atoms with Gasteiger partial charge in [-0.15, -0.1) is 13.2 Å². The van der Waals surface area contributed by atoms with Crippen LogP contribution in [0.3, 0.4) is 0 Å². The summed E-state index contributed by atoms with van der Waals surface area (Å²) in [6, 6.07) is 0.803. The Morgan fingerprint density at radius 1 is 1.43 bits per heavy atom. The van der Waals surface area contributed by atoms with Gasteiger partial charge in [0.05, 0.1) is 0 Å². The molecule has 0 radical (unpaired) electrons. The van der Waals surface area contributed by atoms with Crippen molar-refractivity contribution in [3.63, 3.8) is 0 Å². The first kappa shape index (κ1) is 10.6. The summed E-state index contributed by atoms with van der Waals surface area (Å²) in [4.78, 5) is 3.43. The summed E-state index contributed by atoms with van der Waals surface area (Å²) < 4.78 is 51.4. The van der Waals surface area contributed by atoms with E-state index in [0.717, 1.165) is 6.07 Å². The number of nitrogens with two attached hydrogens (primary N) is 1. The average Bonchev–Trinajstić information content (AvgIpc) is 1.95. The fourth-order valence-corrected chi connectivity index (χ4v) is 0.861. The molecule has 2 N–H and O–H groups in total. The van der Waals surface area contributed by atoms with Gasteiger partial charge in [-0.3, -0.25) is 0 Å². The minimum absolute atomic E-state index is 0.175. The first-order chi connectivity index (χ1) is 6.29. The molecule has 0 saturated carbocycles. The molecule has 14 heavy (non-hydrogen) atoms. The third-order valence-electron chi connectivity index (χ3n) is 1.30. The van der Waals surface area contributed by atoms with Crippen molar-refractivity contribution >= 4 is 5.82 Å². The molecule has 0 saturated heterocycles. The van der Waals surface area contributed by atoms with Gasteiger partial charge >= 0.3 is 6.36 Å². The highest BCUT2D eigenvalue weighted by Crippen LogP contribution is 2.29. The van der Waals surface area contributed by atoms with Gasteiger partial charge in [-0.05, 0) is 13.0 Å². The molecule has 78 valence electrons. The van der Waals surface area contributed by atoms with Crippen LogP contribution in [-0.2, 0) is 0 Å². The summed E-state index contributed by atoms with van der Waals surface area (Å²) in [5.74, 6) is -2.91. The Morgan fingerprint density at radius 3 is 2.43 bits per heavy atom. The molecule has 0 amide bonds. The van der Waals surface area contributed by atoms with E-state index in [1.807, 2.05) is 0 Å². The molecule has 0 fully saturated rings. The standard InChI is InChI=1S/C7H6F4N2O/c1-3-2-4(8)5(6(12)13-3)14-7(9,10)11/h2H,1H3,(H2,12,13). The smallest absolute Gasteiger partial charge is 0.399 e. The van der Waals surface area contributed by atoms with Gasteiger partial charge in [-0.25, -0.2) is 9.37 Å². The van der Waals surface area contributed by atoms with Gasteiger partial charge in [0, 0.05) is 5.69 Å². The summed E-state index contributed by atoms with van der Waals surface area (Å²) in [6.07, 6.45) is -4.98. The third-order valence-corrected chi connectivity index (χ3v) is 1.30. The summed E-state index contributed by atoms with van der Waals surface area (Å²) in [5, 5.41) is 0. The molecular weight excluding hydrogens is 204 g/mol. The number of nitrogen functional groups attached to an aromatic ring is 1. The Balaban J connectivity index is 3.09. The van der Waals surface area contributed by atoms with Crippen LogP contribution in [0.4, 0.5) is 23.4 Å². The minimum atomic E-state index is -4.98. The Bertz CT molecular complexity index is 327. The summed E-state index contributed by atoms with van der Waals surface area (Å²) in [5.41, 5.74) is 5.23. The number of ether oxygens (including phenoxy) is 1. The van der Waals surface area contributed by atoms with Gasteiger partial charge in [0.15, 0.2) is 11.6 Å². The van der Waals surface area contributed by atoms with Crippen LogP contribution in [0.25, 0.3) is 0 Å². The van der Waals surface area contributed by atoms with Crippen LogP contribution >= 0.6 is 0 Å². The molecule has 1 aromatic rings. The lowest BCUT2D eigenvalue weighted by Crippen LogP contribution is -2.19. The van der Waals surface area contributed by atoms with Crippen LogP contribution in [0.1, 0.15) is 5.69 Å². The van der Waals surface area contributed by atoms with Crippen LogP contribution in [-0.4, -0.2) is 11.3 Å². The van der Waals surface area contributed by atoms with E-state index in [1.165, 1.54) is 6.92 Å². The van der Waals surface area contributed by atoms with Crippen molar-refractivity contribution in [2.45, 2.75) is 13.3 Å². The number of halogens is 4. The number of rotatable bonds is 1. The molecule has 1 rings (SSSR count). The van der Waals surface area contributed by atoms with Crippen molar-refractivity contribution in [2.75, 3.05) is 5.73 Å². The fraction of sp³-hybridized carbons (Fsp3) is 0.286. The molecule has 0 aliphatic heterocycles. The number of pyridine rings is 1. The number of aryl methyl sites for hydroxylation is 1. The Labute approximate surface area is 76.5 Å². The zero-order valence-electron chi connectivity index (χ0n) is 7.02. The quantitative estimate of drug-likeness (QED) is 0.721. The highest BCUT2D eigenvalue weighted by atomic mass is 19.4. The van der Waals surface area contributed by atoms with Crippen LogP contribution in [0.5, 0.6) is 5.75 Å². The highest BCUT2D eigenvalue weighted by molar-refractivity contribution is 5.47. The van der Waals surface area contributed by atoms with Crippen molar-refractivity contribution < 1.29 is 22.3 Å². The third kappa shape index (κ3) is 2.48. The molecule has 1 heterocycles. The van der Waals surface area contributed by atoms with E-state index in [2.05, 4.69) is 9.72 Å². The largest absolute Gasteiger partial charge is 0.573 e. The monoisotopic (exact) mass is 210 g/mol. The maximum absolute atomic E-state index is 12.9. The molecule has 0 atom stereocenters. The number of aromatic nitrogens is 1. The van der Waals surface area contributed by atoms with Crippen LogP contribution in [0.2, 0.25) is 0 Å². The molecular formula is C7H6F4N2O. The number of anilines is 1. The van der Waals surface area contributed by atoms with Crippen molar-refractivity contribution in [2.24, 2.45) is 0 Å². The number of hydrogen-bond donors (Lipinski definition) is 1. The van der Waals surface area contributed by atoms with E-state index < -0.39 is 23.7 Å². The van der Waals surface area contributed by atoms with E-state index in [1.54, 1.807) is 0 Å². The molecule has 0 aliphatic rings. The van der Waals surface area contributed by atoms with Crippen molar-refractivity contribution in [3.05, 3.63) is 17.6 Å². The van der Waals surface area contributed by atoms with Gasteiger partial charge in [-0.2, -0.15) is 0 Å². The van der Waals surface area contributed by atoms with E-state index in [-0.39, 0.29) is 5.69 Å². The fourth-order valence-electron chi connectivity index (χ4n) is 0.861. The second-order valence-corrected chi connectivity index (χ2v) is 2.51. The molecule has 0 aliphatic carbocycles. The van der Waals surface area contributed by atoms with E-state index in [4.69, 9.17) is 5.73 Å². The maximum atomic E-state index is 12.9. The second-order valence-electron chi connectivity index (χ2n) is 2.51. The number of nitrogens with zero attached hydrogens (tertiary/aromatic N) is 1. The lowest BCUT2D eigenvalue weighted by molar-refractivity contribution is -0.275. The summed E-state index contributed by atoms with van der Waals surface area (Å²) in [6.45, 7) is 1.40. The molecule has 0 spiro atoms. The van der Waals surface area contributed by atoms with Crippen LogP contribution in [0.15, 0.2) is 6.07 Å². The Kier molecular flexibility index (Phi) is 2.50. The number of alkyl halides is 3. The van der Waals surface area contributed by atoms with Gasteiger partial charge in [0.2, 0.25) is 5.75 Å². The van der Waals surface area contributed by atoms with Gasteiger partial charge in [0.25, 0.3) is 0 Å². The molecule has 0 unspecified atom stereocenters. The lowest BCUT2D eigenvalue weighted by Gasteiger charge is -2.11. The second kappa shape index (κ2) is 3.32. The topological polar surface area (TPSA) is 48.1 Å². The zero-order valence-corrected chi connectivity index (χ0v) is 7.02. The predicted molar refractivity (Wildman–Crippen MR) is 40.0 cm³/mol. The number of hydrogen-bond acceptors (Lipinski definition) is 3. The molecule has 0 bridgehead atoms. The molecule has 7 heteroatoms. The zero-order chi connectivity index (χ0) is 10.9. The van der Waals surface area contributed by atoms with Gasteiger partial charge < -0.3 is 10.5 Å². The SMILES string of the molecule is Cc1cc(F)c(OC(F)(F)F)c(N)n1. The molecule has 3 nitrogen and oxygen atoms in total. The molecule has 0 aromatic carbocycles. The highest BCUT2D eigenvalue weighted by Gasteiger charge is 2.33.